The number of anilines is 1. The van der Waals surface area contributed by atoms with E-state index in [2.05, 4.69) is 47.4 Å². The Hall–Kier alpha value is -2.52. The Kier molecular flexibility index (Phi) is 3.66. The molecular weight excluding hydrogens is 314 g/mol. The molecule has 1 aliphatic heterocycles. The molecule has 1 heterocycles. The maximum absolute atomic E-state index is 12.9. The second-order valence-corrected chi connectivity index (χ2v) is 7.17. The molecule has 0 aliphatic carbocycles. The van der Waals surface area contributed by atoms with Crippen molar-refractivity contribution >= 4 is 40.1 Å². The third-order valence-electron chi connectivity index (χ3n) is 4.27. The molecule has 3 aromatic rings. The number of carbonyl (C=O) groups is 1. The lowest BCUT2D eigenvalue weighted by Crippen LogP contribution is -2.07. The van der Waals surface area contributed by atoms with Gasteiger partial charge in [0.15, 0.2) is 0 Å². The van der Waals surface area contributed by atoms with Gasteiger partial charge in [-0.05, 0) is 40.6 Å². The predicted octanol–water partition coefficient (Wildman–Crippen LogP) is 5.24. The molecule has 0 aromatic heterocycles. The first-order valence-corrected chi connectivity index (χ1v) is 8.68. The largest absolute Gasteiger partial charge is 0.378 e. The summed E-state index contributed by atoms with van der Waals surface area (Å²) in [6, 6.07) is 20.5. The van der Waals surface area contributed by atoms with Crippen molar-refractivity contribution in [2.75, 3.05) is 19.0 Å². The fraction of sp³-hybridized carbons (Fsp3) is 0.0952. The zero-order chi connectivity index (χ0) is 16.7. The second-order valence-electron chi connectivity index (χ2n) is 6.09. The first-order chi connectivity index (χ1) is 11.6. The monoisotopic (exact) mass is 331 g/mol. The lowest BCUT2D eigenvalue weighted by atomic mass is 10.0. The van der Waals surface area contributed by atoms with E-state index in [0.717, 1.165) is 37.4 Å². The molecule has 0 unspecified atom stereocenters. The van der Waals surface area contributed by atoms with Crippen molar-refractivity contribution in [1.82, 2.24) is 0 Å². The van der Waals surface area contributed by atoms with Crippen LogP contribution in [0, 0.1) is 0 Å². The number of ketones is 1. The van der Waals surface area contributed by atoms with Gasteiger partial charge in [0.25, 0.3) is 0 Å². The molecule has 0 N–H and O–H groups in total. The summed E-state index contributed by atoms with van der Waals surface area (Å²) in [5.74, 6) is 0.128. The summed E-state index contributed by atoms with van der Waals surface area (Å²) in [5.41, 5.74) is 3.04. The molecule has 24 heavy (non-hydrogen) atoms. The molecule has 118 valence electrons. The van der Waals surface area contributed by atoms with Crippen LogP contribution in [0.1, 0.15) is 15.9 Å². The highest BCUT2D eigenvalue weighted by molar-refractivity contribution is 8.04. The summed E-state index contributed by atoms with van der Waals surface area (Å²) >= 11 is 1.57. The minimum atomic E-state index is 0.128. The number of fused-ring (bicyclic) bond motifs is 3. The van der Waals surface area contributed by atoms with Crippen LogP contribution >= 0.6 is 11.8 Å². The molecule has 3 heteroatoms. The van der Waals surface area contributed by atoms with Gasteiger partial charge in [-0.2, -0.15) is 0 Å². The molecular formula is C21H17NOS. The molecule has 3 aromatic carbocycles. The zero-order valence-electron chi connectivity index (χ0n) is 13.6. The summed E-state index contributed by atoms with van der Waals surface area (Å²) in [7, 11) is 4.04. The fourth-order valence-electron chi connectivity index (χ4n) is 2.97. The van der Waals surface area contributed by atoms with E-state index < -0.39 is 0 Å². The smallest absolute Gasteiger partial charge is 0.201 e. The molecule has 0 bridgehead atoms. The molecule has 0 fully saturated rings. The topological polar surface area (TPSA) is 20.3 Å². The van der Waals surface area contributed by atoms with Gasteiger partial charge in [0.05, 0.1) is 4.91 Å². The summed E-state index contributed by atoms with van der Waals surface area (Å²) in [6.45, 7) is 0. The van der Waals surface area contributed by atoms with Crippen molar-refractivity contribution in [3.63, 3.8) is 0 Å². The molecule has 2 nitrogen and oxygen atoms in total. The Morgan fingerprint density at radius 2 is 1.67 bits per heavy atom. The minimum Gasteiger partial charge on any atom is -0.378 e. The molecule has 0 atom stereocenters. The molecule has 1 aliphatic rings. The van der Waals surface area contributed by atoms with Gasteiger partial charge in [-0.3, -0.25) is 4.79 Å². The summed E-state index contributed by atoms with van der Waals surface area (Å²) < 4.78 is 0. The molecule has 0 spiro atoms. The first-order valence-electron chi connectivity index (χ1n) is 7.87. The highest BCUT2D eigenvalue weighted by Gasteiger charge is 2.27. The standard InChI is InChI=1S/C21H17NOS/c1-22(2)16-10-7-14(8-11-16)13-19-21(23)20-17-6-4-3-5-15(17)9-12-18(20)24-19/h3-13H,1-2H3/b19-13+. The van der Waals surface area contributed by atoms with E-state index in [1.165, 1.54) is 0 Å². The SMILES string of the molecule is CN(C)c1ccc(/C=C2/Sc3ccc4ccccc4c3C2=O)cc1. The lowest BCUT2D eigenvalue weighted by molar-refractivity contribution is 0.104. The van der Waals surface area contributed by atoms with Gasteiger partial charge in [-0.15, -0.1) is 0 Å². The van der Waals surface area contributed by atoms with Crippen LogP contribution in [0.3, 0.4) is 0 Å². The van der Waals surface area contributed by atoms with Crippen molar-refractivity contribution in [2.45, 2.75) is 4.90 Å². The number of nitrogens with zero attached hydrogens (tertiary/aromatic N) is 1. The van der Waals surface area contributed by atoms with E-state index in [4.69, 9.17) is 0 Å². The maximum Gasteiger partial charge on any atom is 0.201 e. The Bertz CT molecular complexity index is 971. The van der Waals surface area contributed by atoms with Gasteiger partial charge in [-0.1, -0.05) is 54.2 Å². The molecule has 0 amide bonds. The van der Waals surface area contributed by atoms with E-state index in [1.54, 1.807) is 11.8 Å². The Morgan fingerprint density at radius 1 is 0.917 bits per heavy atom. The van der Waals surface area contributed by atoms with Gasteiger partial charge in [0, 0.05) is 30.2 Å². The van der Waals surface area contributed by atoms with E-state index in [-0.39, 0.29) is 5.78 Å². The van der Waals surface area contributed by atoms with Crippen LogP contribution in [0.5, 0.6) is 0 Å². The van der Waals surface area contributed by atoms with Gasteiger partial charge < -0.3 is 4.90 Å². The molecule has 0 radical (unpaired) electrons. The molecule has 0 saturated carbocycles. The predicted molar refractivity (Wildman–Crippen MR) is 103 cm³/mol. The van der Waals surface area contributed by atoms with Crippen molar-refractivity contribution in [3.8, 4) is 0 Å². The zero-order valence-corrected chi connectivity index (χ0v) is 14.4. The Balaban J connectivity index is 1.73. The van der Waals surface area contributed by atoms with E-state index in [9.17, 15) is 4.79 Å². The third kappa shape index (κ3) is 2.51. The van der Waals surface area contributed by atoms with E-state index in [1.807, 2.05) is 38.4 Å². The van der Waals surface area contributed by atoms with Gasteiger partial charge in [0.1, 0.15) is 0 Å². The van der Waals surface area contributed by atoms with Crippen LogP contribution in [0.4, 0.5) is 5.69 Å². The Labute approximate surface area is 145 Å². The second kappa shape index (κ2) is 5.84. The van der Waals surface area contributed by atoms with Crippen LogP contribution in [-0.2, 0) is 0 Å². The number of Topliss-reactive ketones (excluding diaryl/α,β-unsaturated/α-hetero) is 1. The molecule has 4 rings (SSSR count). The number of rotatable bonds is 2. The number of hydrogen-bond acceptors (Lipinski definition) is 3. The number of thioether (sulfide) groups is 1. The first kappa shape index (κ1) is 15.0. The van der Waals surface area contributed by atoms with Gasteiger partial charge in [-0.25, -0.2) is 0 Å². The highest BCUT2D eigenvalue weighted by Crippen LogP contribution is 2.43. The normalized spacial score (nSPS) is 15.1. The van der Waals surface area contributed by atoms with Crippen LogP contribution in [0.25, 0.3) is 16.8 Å². The quantitative estimate of drug-likeness (QED) is 0.599. The summed E-state index contributed by atoms with van der Waals surface area (Å²) in [4.78, 5) is 16.8. The minimum absolute atomic E-state index is 0.128. The van der Waals surface area contributed by atoms with E-state index in [0.29, 0.717) is 0 Å². The van der Waals surface area contributed by atoms with Gasteiger partial charge >= 0.3 is 0 Å². The van der Waals surface area contributed by atoms with Crippen LogP contribution < -0.4 is 4.90 Å². The Morgan fingerprint density at radius 3 is 2.42 bits per heavy atom. The molecule has 0 saturated heterocycles. The lowest BCUT2D eigenvalue weighted by Gasteiger charge is -2.11. The van der Waals surface area contributed by atoms with Crippen LogP contribution in [-0.4, -0.2) is 19.9 Å². The van der Waals surface area contributed by atoms with Crippen molar-refractivity contribution in [1.29, 1.82) is 0 Å². The van der Waals surface area contributed by atoms with Crippen LogP contribution in [0.15, 0.2) is 70.5 Å². The number of allylic oxidation sites excluding steroid dienone is 1. The summed E-state index contributed by atoms with van der Waals surface area (Å²) in [6.07, 6.45) is 1.99. The number of carbonyl (C=O) groups excluding carboxylic acids is 1. The average molecular weight is 331 g/mol. The van der Waals surface area contributed by atoms with Gasteiger partial charge in [0.2, 0.25) is 5.78 Å². The number of benzene rings is 3. The summed E-state index contributed by atoms with van der Waals surface area (Å²) in [5, 5.41) is 2.15. The van der Waals surface area contributed by atoms with Crippen molar-refractivity contribution in [2.24, 2.45) is 0 Å². The fourth-order valence-corrected chi connectivity index (χ4v) is 4.04. The third-order valence-corrected chi connectivity index (χ3v) is 5.35. The highest BCUT2D eigenvalue weighted by atomic mass is 32.2. The van der Waals surface area contributed by atoms with Crippen molar-refractivity contribution in [3.05, 3.63) is 76.7 Å². The number of hydrogen-bond donors (Lipinski definition) is 0. The van der Waals surface area contributed by atoms with Crippen molar-refractivity contribution < 1.29 is 4.79 Å². The van der Waals surface area contributed by atoms with E-state index >= 15 is 0 Å². The average Bonchev–Trinajstić information content (AvgIpc) is 2.92. The maximum atomic E-state index is 12.9. The van der Waals surface area contributed by atoms with Crippen LogP contribution in [0.2, 0.25) is 0 Å².